The predicted molar refractivity (Wildman–Crippen MR) is 352 cm³/mol. The number of carbonyl (C=O) groups excluding carboxylic acids is 3. The largest absolute Gasteiger partial charge is 0.462 e. The highest BCUT2D eigenvalue weighted by atomic mass is 16.6. The molecule has 0 N–H and O–H groups in total. The Labute approximate surface area is 499 Å². The van der Waals surface area contributed by atoms with Crippen LogP contribution in [0.25, 0.3) is 0 Å². The summed E-state index contributed by atoms with van der Waals surface area (Å²) in [6.45, 7) is 6.38. The highest BCUT2D eigenvalue weighted by molar-refractivity contribution is 5.71. The summed E-state index contributed by atoms with van der Waals surface area (Å²) in [5.74, 6) is -0.956. The fourth-order valence-electron chi connectivity index (χ4n) is 8.92. The number of esters is 3. The van der Waals surface area contributed by atoms with Crippen LogP contribution in [0.15, 0.2) is 146 Å². The van der Waals surface area contributed by atoms with Crippen molar-refractivity contribution in [1.82, 2.24) is 0 Å². The molecule has 0 aromatic carbocycles. The zero-order valence-corrected chi connectivity index (χ0v) is 52.5. The molecule has 0 fully saturated rings. The Morgan fingerprint density at radius 3 is 0.778 bits per heavy atom. The molecule has 1 unspecified atom stereocenters. The SMILES string of the molecule is CC/C=C\C/C=C\C/C=C\C/C=C\C/C=C\C/C=C\C/C=C\C/C=C\CCCCC(=O)OCC(COC(=O)CCCCCCCCCCCCCCCCCCC)OC(=O)CCCCCCCC/C=C\C/C=C\C/C=C\C/C=C\CC. The number of hydrogen-bond donors (Lipinski definition) is 0. The number of rotatable bonds is 59. The zero-order chi connectivity index (χ0) is 58.5. The summed E-state index contributed by atoms with van der Waals surface area (Å²) in [4.78, 5) is 38.4. The standard InChI is InChI=1S/C75H122O6/c1-4-7-10-13-16-19-22-25-28-31-33-34-35-36-37-38-39-40-42-44-47-50-53-56-59-62-65-68-74(77)80-71-72(70-79-73(76)67-64-61-58-55-52-49-46-43-30-27-24-21-18-15-12-9-6-3)81-75(78)69-66-63-60-57-54-51-48-45-41-32-29-26-23-20-17-14-11-8-5-2/h7-8,10-11,16-17,19-20,25-26,28-29,33-34,36-37,39-41,44-45,47,53,56,72H,4-6,9,12-15,18,21-24,27,30-32,35,38,42-43,46,48-52,54-55,57-71H2,1-3H3/b10-7-,11-8-,19-16-,20-17-,28-25-,29-26-,34-33-,37-36-,40-39-,45-41-,47-44-,56-53-. The molecule has 0 rings (SSSR count). The Hall–Kier alpha value is -4.71. The third-order valence-electron chi connectivity index (χ3n) is 13.8. The Morgan fingerprint density at radius 1 is 0.259 bits per heavy atom. The molecule has 6 nitrogen and oxygen atoms in total. The van der Waals surface area contributed by atoms with Crippen LogP contribution in [0.1, 0.15) is 290 Å². The maximum Gasteiger partial charge on any atom is 0.306 e. The molecule has 0 saturated carbocycles. The Morgan fingerprint density at radius 2 is 0.481 bits per heavy atom. The van der Waals surface area contributed by atoms with E-state index >= 15 is 0 Å². The van der Waals surface area contributed by atoms with E-state index in [1.807, 2.05) is 0 Å². The van der Waals surface area contributed by atoms with E-state index in [0.717, 1.165) is 141 Å². The lowest BCUT2D eigenvalue weighted by Crippen LogP contribution is -2.30. The monoisotopic (exact) mass is 1120 g/mol. The van der Waals surface area contributed by atoms with Gasteiger partial charge in [0.15, 0.2) is 6.10 Å². The lowest BCUT2D eigenvalue weighted by Gasteiger charge is -2.18. The zero-order valence-electron chi connectivity index (χ0n) is 52.5. The second-order valence-corrected chi connectivity index (χ2v) is 21.6. The summed E-state index contributed by atoms with van der Waals surface area (Å²) in [5, 5.41) is 0. The number of unbranched alkanes of at least 4 members (excludes halogenated alkanes) is 24. The van der Waals surface area contributed by atoms with E-state index in [9.17, 15) is 14.4 Å². The van der Waals surface area contributed by atoms with Crippen LogP contribution in [-0.2, 0) is 28.6 Å². The maximum absolute atomic E-state index is 12.9. The van der Waals surface area contributed by atoms with Gasteiger partial charge in [0.2, 0.25) is 0 Å². The molecule has 0 aliphatic rings. The first-order chi connectivity index (χ1) is 40.0. The van der Waals surface area contributed by atoms with Gasteiger partial charge in [0.1, 0.15) is 13.2 Å². The molecule has 0 bridgehead atoms. The molecular weight excluding hydrogens is 997 g/mol. The summed E-state index contributed by atoms with van der Waals surface area (Å²) in [7, 11) is 0. The molecule has 0 aromatic rings. The minimum Gasteiger partial charge on any atom is -0.462 e. The summed E-state index contributed by atoms with van der Waals surface area (Å²) in [6.07, 6.45) is 97.1. The first-order valence-corrected chi connectivity index (χ1v) is 33.3. The fourth-order valence-corrected chi connectivity index (χ4v) is 8.92. The van der Waals surface area contributed by atoms with Crippen molar-refractivity contribution < 1.29 is 28.6 Å². The van der Waals surface area contributed by atoms with Crippen LogP contribution >= 0.6 is 0 Å². The van der Waals surface area contributed by atoms with Crippen molar-refractivity contribution in [2.75, 3.05) is 13.2 Å². The van der Waals surface area contributed by atoms with Crippen molar-refractivity contribution in [2.45, 2.75) is 297 Å². The topological polar surface area (TPSA) is 78.9 Å². The lowest BCUT2D eigenvalue weighted by molar-refractivity contribution is -0.167. The van der Waals surface area contributed by atoms with Gasteiger partial charge in [-0.3, -0.25) is 14.4 Å². The number of hydrogen-bond acceptors (Lipinski definition) is 6. The second-order valence-electron chi connectivity index (χ2n) is 21.6. The van der Waals surface area contributed by atoms with Gasteiger partial charge in [0.05, 0.1) is 0 Å². The molecule has 6 heteroatoms. The molecule has 0 radical (unpaired) electrons. The first-order valence-electron chi connectivity index (χ1n) is 33.3. The van der Waals surface area contributed by atoms with Crippen molar-refractivity contribution in [3.63, 3.8) is 0 Å². The van der Waals surface area contributed by atoms with Crippen LogP contribution < -0.4 is 0 Å². The van der Waals surface area contributed by atoms with Crippen molar-refractivity contribution >= 4 is 17.9 Å². The molecule has 0 heterocycles. The minimum atomic E-state index is -0.810. The van der Waals surface area contributed by atoms with E-state index in [1.165, 1.54) is 103 Å². The normalized spacial score (nSPS) is 13.1. The van der Waals surface area contributed by atoms with Gasteiger partial charge in [-0.1, -0.05) is 295 Å². The van der Waals surface area contributed by atoms with Crippen LogP contribution in [0.2, 0.25) is 0 Å². The van der Waals surface area contributed by atoms with Gasteiger partial charge < -0.3 is 14.2 Å². The van der Waals surface area contributed by atoms with E-state index in [4.69, 9.17) is 14.2 Å². The van der Waals surface area contributed by atoms with Gasteiger partial charge in [0.25, 0.3) is 0 Å². The average molecular weight is 1120 g/mol. The van der Waals surface area contributed by atoms with Gasteiger partial charge in [-0.05, 0) is 122 Å². The van der Waals surface area contributed by atoms with E-state index in [1.54, 1.807) is 0 Å². The van der Waals surface area contributed by atoms with E-state index in [0.29, 0.717) is 25.7 Å². The third kappa shape index (κ3) is 66.0. The van der Waals surface area contributed by atoms with Crippen molar-refractivity contribution in [2.24, 2.45) is 0 Å². The summed E-state index contributed by atoms with van der Waals surface area (Å²) >= 11 is 0. The molecule has 458 valence electrons. The van der Waals surface area contributed by atoms with Crippen LogP contribution in [-0.4, -0.2) is 37.2 Å². The van der Waals surface area contributed by atoms with Crippen LogP contribution in [0.4, 0.5) is 0 Å². The maximum atomic E-state index is 12.9. The van der Waals surface area contributed by atoms with Crippen LogP contribution in [0, 0.1) is 0 Å². The lowest BCUT2D eigenvalue weighted by atomic mass is 10.0. The molecule has 0 aromatic heterocycles. The quantitative estimate of drug-likeness (QED) is 0.0261. The molecule has 0 saturated heterocycles. The molecule has 1 atom stereocenters. The molecule has 81 heavy (non-hydrogen) atoms. The minimum absolute atomic E-state index is 0.100. The van der Waals surface area contributed by atoms with Gasteiger partial charge >= 0.3 is 17.9 Å². The number of allylic oxidation sites excluding steroid dienone is 24. The molecule has 0 amide bonds. The van der Waals surface area contributed by atoms with Gasteiger partial charge in [0, 0.05) is 19.3 Å². The second kappa shape index (κ2) is 67.8. The highest BCUT2D eigenvalue weighted by Gasteiger charge is 2.19. The van der Waals surface area contributed by atoms with Crippen molar-refractivity contribution in [1.29, 1.82) is 0 Å². The predicted octanol–water partition coefficient (Wildman–Crippen LogP) is 23.1. The summed E-state index contributed by atoms with van der Waals surface area (Å²) in [6, 6.07) is 0. The Bertz CT molecular complexity index is 1760. The fraction of sp³-hybridized carbons (Fsp3) is 0.640. The highest BCUT2D eigenvalue weighted by Crippen LogP contribution is 2.16. The van der Waals surface area contributed by atoms with E-state index in [2.05, 4.69) is 167 Å². The van der Waals surface area contributed by atoms with Crippen molar-refractivity contribution in [3.05, 3.63) is 146 Å². The Balaban J connectivity index is 4.49. The third-order valence-corrected chi connectivity index (χ3v) is 13.8. The van der Waals surface area contributed by atoms with Crippen molar-refractivity contribution in [3.8, 4) is 0 Å². The Kier molecular flexibility index (Phi) is 63.9. The molecule has 0 aliphatic carbocycles. The molecule has 0 aliphatic heterocycles. The van der Waals surface area contributed by atoms with E-state index < -0.39 is 6.10 Å². The molecule has 0 spiro atoms. The van der Waals surface area contributed by atoms with E-state index in [-0.39, 0.29) is 31.1 Å². The van der Waals surface area contributed by atoms with Crippen LogP contribution in [0.3, 0.4) is 0 Å². The number of ether oxygens (including phenoxy) is 3. The summed E-state index contributed by atoms with van der Waals surface area (Å²) < 4.78 is 16.9. The average Bonchev–Trinajstić information content (AvgIpc) is 3.47. The summed E-state index contributed by atoms with van der Waals surface area (Å²) in [5.41, 5.74) is 0. The molecular formula is C75H122O6. The van der Waals surface area contributed by atoms with Gasteiger partial charge in [-0.25, -0.2) is 0 Å². The van der Waals surface area contributed by atoms with Gasteiger partial charge in [-0.15, -0.1) is 0 Å². The first kappa shape index (κ1) is 76.3. The van der Waals surface area contributed by atoms with Gasteiger partial charge in [-0.2, -0.15) is 0 Å². The number of carbonyl (C=O) groups is 3. The smallest absolute Gasteiger partial charge is 0.306 e. The van der Waals surface area contributed by atoms with Crippen LogP contribution in [0.5, 0.6) is 0 Å².